The SMILES string of the molecule is [2H]c1nc(-c2[c-]cc(C([2H])([2H])[2H])c([N+]#[C-])c2)n(-c2c(C([2H])([2H])[2H])cccc2C([2H])([2H])[2H])c1[2H].[Ir]. The van der Waals surface area contributed by atoms with Crippen molar-refractivity contribution in [3.05, 3.63) is 76.9 Å². The van der Waals surface area contributed by atoms with E-state index in [1.807, 2.05) is 0 Å². The van der Waals surface area contributed by atoms with E-state index in [9.17, 15) is 0 Å². The maximum atomic E-state index is 8.33. The topological polar surface area (TPSA) is 22.2 Å². The van der Waals surface area contributed by atoms with Gasteiger partial charge in [0, 0.05) is 50.5 Å². The molecule has 0 N–H and O–H groups in total. The zero-order chi connectivity index (χ0) is 24.9. The molecule has 23 heavy (non-hydrogen) atoms. The van der Waals surface area contributed by atoms with Gasteiger partial charge in [-0.15, -0.1) is 23.3 Å². The molecular weight excluding hydrogens is 462 g/mol. The number of para-hydroxylation sites is 1. The minimum atomic E-state index is -2.76. The van der Waals surface area contributed by atoms with E-state index in [4.69, 9.17) is 21.7 Å². The van der Waals surface area contributed by atoms with Gasteiger partial charge in [-0.2, -0.15) is 6.07 Å². The maximum Gasteiger partial charge on any atom is 0.111 e. The Labute approximate surface area is 165 Å². The minimum Gasteiger partial charge on any atom is -0.340 e. The molecule has 3 aromatic rings. The minimum absolute atomic E-state index is 0. The van der Waals surface area contributed by atoms with Crippen LogP contribution < -0.4 is 0 Å². The molecule has 0 saturated heterocycles. The van der Waals surface area contributed by atoms with Crippen molar-refractivity contribution in [3.8, 4) is 17.1 Å². The molecule has 0 aliphatic heterocycles. The fourth-order valence-electron chi connectivity index (χ4n) is 2.06. The van der Waals surface area contributed by atoms with E-state index in [0.717, 1.165) is 16.7 Å². The van der Waals surface area contributed by atoms with Crippen molar-refractivity contribution >= 4 is 5.69 Å². The first kappa shape index (κ1) is 7.57. The fraction of sp³-hybridized carbons (Fsp3) is 0.158. The van der Waals surface area contributed by atoms with Gasteiger partial charge in [0.25, 0.3) is 0 Å². The molecule has 0 fully saturated rings. The summed E-state index contributed by atoms with van der Waals surface area (Å²) < 4.78 is 87.2. The number of imidazole rings is 1. The van der Waals surface area contributed by atoms with Gasteiger partial charge in [-0.05, 0) is 24.8 Å². The Balaban J connectivity index is 0.00000408. The molecule has 0 atom stereocenters. The number of rotatable bonds is 2. The van der Waals surface area contributed by atoms with Gasteiger partial charge in [-0.3, -0.25) is 9.83 Å². The molecule has 1 aromatic heterocycles. The molecule has 117 valence electrons. The first-order valence-electron chi connectivity index (χ1n) is 11.7. The number of hydrogen-bond acceptors (Lipinski definition) is 1. The van der Waals surface area contributed by atoms with Crippen LogP contribution in [0.4, 0.5) is 5.69 Å². The van der Waals surface area contributed by atoms with Crippen LogP contribution >= 0.6 is 0 Å². The van der Waals surface area contributed by atoms with Gasteiger partial charge in [0.15, 0.2) is 0 Å². The van der Waals surface area contributed by atoms with Crippen LogP contribution in [0.3, 0.4) is 0 Å². The van der Waals surface area contributed by atoms with Crippen molar-refractivity contribution < 1.29 is 35.2 Å². The summed E-state index contributed by atoms with van der Waals surface area (Å²) in [6.45, 7) is -0.779. The molecule has 2 aromatic carbocycles. The second-order valence-electron chi connectivity index (χ2n) is 4.45. The molecule has 3 rings (SSSR count). The van der Waals surface area contributed by atoms with Crippen molar-refractivity contribution in [2.24, 2.45) is 0 Å². The van der Waals surface area contributed by atoms with Crippen molar-refractivity contribution in [3.63, 3.8) is 0 Å². The first-order chi connectivity index (χ1) is 15.1. The van der Waals surface area contributed by atoms with Crippen molar-refractivity contribution in [2.75, 3.05) is 0 Å². The summed E-state index contributed by atoms with van der Waals surface area (Å²) in [6, 6.07) is 8.58. The number of aromatic nitrogens is 2. The molecule has 4 heteroatoms. The van der Waals surface area contributed by atoms with Crippen LogP contribution in [0.25, 0.3) is 21.9 Å². The van der Waals surface area contributed by atoms with E-state index in [1.165, 1.54) is 18.2 Å². The van der Waals surface area contributed by atoms with Crippen LogP contribution in [0, 0.1) is 33.2 Å². The summed E-state index contributed by atoms with van der Waals surface area (Å²) >= 11 is 0. The molecule has 0 spiro atoms. The van der Waals surface area contributed by atoms with Crippen LogP contribution in [-0.2, 0) is 20.1 Å². The average molecular weight is 490 g/mol. The third-order valence-electron chi connectivity index (χ3n) is 3.09. The van der Waals surface area contributed by atoms with Gasteiger partial charge in [-0.1, -0.05) is 25.1 Å². The molecule has 0 aliphatic carbocycles. The second-order valence-corrected chi connectivity index (χ2v) is 4.45. The molecule has 1 heterocycles. The third-order valence-corrected chi connectivity index (χ3v) is 3.09. The van der Waals surface area contributed by atoms with Gasteiger partial charge in [0.2, 0.25) is 0 Å². The summed E-state index contributed by atoms with van der Waals surface area (Å²) in [5.74, 6) is -0.214. The van der Waals surface area contributed by atoms with Gasteiger partial charge in [-0.25, -0.2) is 0 Å². The van der Waals surface area contributed by atoms with Crippen LogP contribution in [-0.4, -0.2) is 9.55 Å². The summed E-state index contributed by atoms with van der Waals surface area (Å²) in [5, 5.41) is 0. The van der Waals surface area contributed by atoms with Gasteiger partial charge < -0.3 is 4.57 Å². The van der Waals surface area contributed by atoms with Crippen LogP contribution in [0.1, 0.15) is 31.8 Å². The Morgan fingerprint density at radius 3 is 2.65 bits per heavy atom. The number of benzene rings is 2. The second kappa shape index (κ2) is 6.91. The van der Waals surface area contributed by atoms with E-state index in [0.29, 0.717) is 0 Å². The summed E-state index contributed by atoms with van der Waals surface area (Å²) in [4.78, 5) is 7.20. The van der Waals surface area contributed by atoms with Crippen LogP contribution in [0.2, 0.25) is 0 Å². The quantitative estimate of drug-likeness (QED) is 0.474. The Morgan fingerprint density at radius 2 is 2.00 bits per heavy atom. The normalized spacial score (nSPS) is 18.7. The molecule has 0 saturated carbocycles. The zero-order valence-corrected chi connectivity index (χ0v) is 14.0. The van der Waals surface area contributed by atoms with Crippen LogP contribution in [0.5, 0.6) is 0 Å². The smallest absolute Gasteiger partial charge is 0.111 e. The van der Waals surface area contributed by atoms with Gasteiger partial charge in [0.1, 0.15) is 5.69 Å². The molecule has 0 aliphatic rings. The van der Waals surface area contributed by atoms with Gasteiger partial charge >= 0.3 is 0 Å². The van der Waals surface area contributed by atoms with E-state index in [2.05, 4.69) is 15.9 Å². The molecule has 0 unspecified atom stereocenters. The molecule has 3 nitrogen and oxygen atoms in total. The van der Waals surface area contributed by atoms with E-state index < -0.39 is 32.9 Å². The van der Waals surface area contributed by atoms with Gasteiger partial charge in [0.05, 0.1) is 15.1 Å². The predicted octanol–water partition coefficient (Wildman–Crippen LogP) is 4.81. The molecule has 0 bridgehead atoms. The molecular formula is C19H16IrN3-. The summed E-state index contributed by atoms with van der Waals surface area (Å²) in [5.41, 5.74) is -1.58. The zero-order valence-electron chi connectivity index (χ0n) is 22.6. The standard InChI is InChI=1S/C19H16N3.Ir/c1-13-8-9-16(12-17(13)20-4)19-21-10-11-22(19)18-14(2)6-5-7-15(18)3;/h5-8,10-12H,1-3H3;/q-1;/i1D3,2D3,3D3,10D,11D;. The Hall–Kier alpha value is -2.21. The monoisotopic (exact) mass is 490 g/mol. The number of hydrogen-bond donors (Lipinski definition) is 0. The largest absolute Gasteiger partial charge is 0.340 e. The van der Waals surface area contributed by atoms with Crippen LogP contribution in [0.15, 0.2) is 42.7 Å². The third kappa shape index (κ3) is 3.12. The number of nitrogens with zero attached hydrogens (tertiary/aromatic N) is 3. The molecule has 1 radical (unpaired) electrons. The molecule has 0 amide bonds. The Morgan fingerprint density at radius 1 is 1.26 bits per heavy atom. The Kier molecular flexibility index (Phi) is 2.28. The van der Waals surface area contributed by atoms with E-state index in [1.54, 1.807) is 0 Å². The fourth-order valence-corrected chi connectivity index (χ4v) is 2.06. The van der Waals surface area contributed by atoms with Crippen molar-refractivity contribution in [2.45, 2.75) is 20.6 Å². The van der Waals surface area contributed by atoms with Crippen molar-refractivity contribution in [1.82, 2.24) is 9.55 Å². The summed E-state index contributed by atoms with van der Waals surface area (Å²) in [6.07, 6.45) is -1.15. The Bertz CT molecular complexity index is 1230. The van der Waals surface area contributed by atoms with Crippen molar-refractivity contribution in [1.29, 1.82) is 0 Å². The van der Waals surface area contributed by atoms with E-state index >= 15 is 0 Å². The summed E-state index contributed by atoms with van der Waals surface area (Å²) in [7, 11) is 0. The number of aryl methyl sites for hydroxylation is 3. The maximum absolute atomic E-state index is 8.33. The first-order valence-corrected chi connectivity index (χ1v) is 6.21. The van der Waals surface area contributed by atoms with E-state index in [-0.39, 0.29) is 59.6 Å². The predicted molar refractivity (Wildman–Crippen MR) is 88.3 cm³/mol. The average Bonchev–Trinajstić information content (AvgIpc) is 2.99.